The van der Waals surface area contributed by atoms with Crippen LogP contribution in [0.3, 0.4) is 0 Å². The van der Waals surface area contributed by atoms with Gasteiger partial charge in [0.05, 0.1) is 36.4 Å². The Balaban J connectivity index is 1.16. The zero-order valence-corrected chi connectivity index (χ0v) is 24.1. The van der Waals surface area contributed by atoms with Crippen molar-refractivity contribution in [1.82, 2.24) is 24.6 Å². The van der Waals surface area contributed by atoms with Crippen molar-refractivity contribution in [3.8, 4) is 11.4 Å². The Hall–Kier alpha value is -4.06. The van der Waals surface area contributed by atoms with Gasteiger partial charge in [0.25, 0.3) is 0 Å². The number of rotatable bonds is 8. The van der Waals surface area contributed by atoms with Gasteiger partial charge in [0.2, 0.25) is 0 Å². The summed E-state index contributed by atoms with van der Waals surface area (Å²) in [6.45, 7) is 4.33. The van der Waals surface area contributed by atoms with E-state index in [1.807, 2.05) is 18.3 Å². The number of carbonyl (C=O) groups excluding carboxylic acids is 1. The zero-order chi connectivity index (χ0) is 29.2. The number of aliphatic hydroxyl groups is 1. The number of piperidine rings is 1. The van der Waals surface area contributed by atoms with Gasteiger partial charge in [-0.3, -0.25) is 10.2 Å². The third-order valence-electron chi connectivity index (χ3n) is 8.64. The number of nitrogens with zero attached hydrogens (tertiary/aromatic N) is 6. The molecule has 3 aliphatic heterocycles. The number of aromatic nitrogens is 4. The molecule has 3 aliphatic rings. The highest BCUT2D eigenvalue weighted by Gasteiger charge is 2.36. The van der Waals surface area contributed by atoms with Crippen LogP contribution in [0.2, 0.25) is 0 Å². The molecule has 11 heteroatoms. The average Bonchev–Trinajstić information content (AvgIpc) is 3.62. The number of anilines is 2. The molecule has 0 aliphatic carbocycles. The summed E-state index contributed by atoms with van der Waals surface area (Å²) in [4.78, 5) is 27.0. The molecule has 43 heavy (non-hydrogen) atoms. The molecule has 3 fully saturated rings. The lowest BCUT2D eigenvalue weighted by Crippen LogP contribution is -2.43. The number of amides is 1. The molecule has 2 atom stereocenters. The van der Waals surface area contributed by atoms with Crippen molar-refractivity contribution in [2.24, 2.45) is 0 Å². The monoisotopic (exact) mass is 583 g/mol. The van der Waals surface area contributed by atoms with Crippen molar-refractivity contribution in [3.63, 3.8) is 0 Å². The molecule has 0 radical (unpaired) electrons. The molecule has 5 heterocycles. The molecule has 1 amide bonds. The number of hydrogen-bond acceptors (Lipinski definition) is 9. The molecule has 0 saturated carbocycles. The number of nitrogens with one attached hydrogen (secondary N) is 1. The van der Waals surface area contributed by atoms with E-state index in [-0.39, 0.29) is 31.5 Å². The largest absolute Gasteiger partial charge is 0.447 e. The molecular weight excluding hydrogens is 546 g/mol. The number of likely N-dealkylation sites (tertiary alicyclic amines) is 1. The summed E-state index contributed by atoms with van der Waals surface area (Å²) >= 11 is 0. The van der Waals surface area contributed by atoms with Crippen LogP contribution in [0.1, 0.15) is 37.3 Å². The predicted molar refractivity (Wildman–Crippen MR) is 163 cm³/mol. The molecule has 2 N–H and O–H groups in total. The topological polar surface area (TPSA) is 118 Å². The molecule has 2 unspecified atom stereocenters. The van der Waals surface area contributed by atoms with Gasteiger partial charge < -0.3 is 19.5 Å². The van der Waals surface area contributed by atoms with Crippen molar-refractivity contribution in [3.05, 3.63) is 66.4 Å². The van der Waals surface area contributed by atoms with Crippen molar-refractivity contribution < 1.29 is 19.4 Å². The van der Waals surface area contributed by atoms with Crippen LogP contribution in [0, 0.1) is 0 Å². The number of hydrogen-bond donors (Lipinski definition) is 2. The molecule has 224 valence electrons. The molecule has 2 aromatic carbocycles. The molecular formula is C32H37N7O4. The summed E-state index contributed by atoms with van der Waals surface area (Å²) in [5, 5.41) is 17.4. The molecule has 0 spiro atoms. The van der Waals surface area contributed by atoms with Crippen LogP contribution in [0.15, 0.2) is 60.8 Å². The first kappa shape index (κ1) is 27.8. The highest BCUT2D eigenvalue weighted by atomic mass is 16.6. The van der Waals surface area contributed by atoms with Crippen LogP contribution in [0.4, 0.5) is 16.3 Å². The summed E-state index contributed by atoms with van der Waals surface area (Å²) < 4.78 is 13.2. The Morgan fingerprint density at radius 2 is 1.72 bits per heavy atom. The second kappa shape index (κ2) is 12.3. The van der Waals surface area contributed by atoms with E-state index in [9.17, 15) is 4.79 Å². The Morgan fingerprint density at radius 1 is 0.977 bits per heavy atom. The van der Waals surface area contributed by atoms with Gasteiger partial charge in [-0.25, -0.2) is 19.4 Å². The van der Waals surface area contributed by atoms with Crippen molar-refractivity contribution in [2.75, 3.05) is 49.6 Å². The standard InChI is InChI=1S/C32H37N7O4/c40-16-17-42-32(41)34-24-8-6-23(7-9-24)29-35-30(38-20-26-10-11-27(21-38)43-26)28-18-33-39(31(28)36-29)25-12-14-37(15-13-25)19-22-4-2-1-3-5-22/h1-9,18,25-27,40H,10-17,19-21H2,(H,34,41). The van der Waals surface area contributed by atoms with Gasteiger partial charge in [0.1, 0.15) is 12.4 Å². The Kier molecular flexibility index (Phi) is 7.92. The van der Waals surface area contributed by atoms with Gasteiger partial charge >= 0.3 is 6.09 Å². The van der Waals surface area contributed by atoms with Crippen LogP contribution in [-0.4, -0.2) is 87.4 Å². The predicted octanol–water partition coefficient (Wildman–Crippen LogP) is 4.24. The quantitative estimate of drug-likeness (QED) is 0.314. The minimum Gasteiger partial charge on any atom is -0.447 e. The van der Waals surface area contributed by atoms with Gasteiger partial charge in [-0.1, -0.05) is 30.3 Å². The Labute approximate surface area is 250 Å². The lowest BCUT2D eigenvalue weighted by Gasteiger charge is -2.33. The maximum atomic E-state index is 11.9. The fraction of sp³-hybridized carbons (Fsp3) is 0.438. The fourth-order valence-corrected chi connectivity index (χ4v) is 6.49. The normalized spacial score (nSPS) is 20.9. The summed E-state index contributed by atoms with van der Waals surface area (Å²) in [6.07, 6.45) is 5.96. The van der Waals surface area contributed by atoms with E-state index in [2.05, 4.69) is 50.1 Å². The number of aliphatic hydroxyl groups excluding tert-OH is 1. The molecule has 7 rings (SSSR count). The first-order valence-corrected chi connectivity index (χ1v) is 15.2. The molecule has 2 aromatic heterocycles. The highest BCUT2D eigenvalue weighted by Crippen LogP contribution is 2.35. The molecule has 11 nitrogen and oxygen atoms in total. The molecule has 4 aromatic rings. The van der Waals surface area contributed by atoms with E-state index < -0.39 is 6.09 Å². The maximum absolute atomic E-state index is 11.9. The van der Waals surface area contributed by atoms with Crippen LogP contribution < -0.4 is 10.2 Å². The lowest BCUT2D eigenvalue weighted by molar-refractivity contribution is 0.0303. The highest BCUT2D eigenvalue weighted by molar-refractivity contribution is 5.89. The zero-order valence-electron chi connectivity index (χ0n) is 24.1. The van der Waals surface area contributed by atoms with Gasteiger partial charge in [0, 0.05) is 44.0 Å². The third-order valence-corrected chi connectivity index (χ3v) is 8.64. The maximum Gasteiger partial charge on any atom is 0.411 e. The fourth-order valence-electron chi connectivity index (χ4n) is 6.49. The van der Waals surface area contributed by atoms with Crippen LogP contribution in [0.5, 0.6) is 0 Å². The van der Waals surface area contributed by atoms with Crippen molar-refractivity contribution >= 4 is 28.6 Å². The summed E-state index contributed by atoms with van der Waals surface area (Å²) in [7, 11) is 0. The van der Waals surface area contributed by atoms with E-state index in [1.165, 1.54) is 5.56 Å². The second-order valence-corrected chi connectivity index (χ2v) is 11.6. The van der Waals surface area contributed by atoms with Gasteiger partial charge in [-0.05, 0) is 55.5 Å². The van der Waals surface area contributed by atoms with Gasteiger partial charge in [-0.15, -0.1) is 0 Å². The van der Waals surface area contributed by atoms with Gasteiger partial charge in [0.15, 0.2) is 11.5 Å². The number of ether oxygens (including phenoxy) is 2. The van der Waals surface area contributed by atoms with E-state index in [1.54, 1.807) is 12.1 Å². The molecule has 2 bridgehead atoms. The summed E-state index contributed by atoms with van der Waals surface area (Å²) in [6, 6.07) is 18.3. The summed E-state index contributed by atoms with van der Waals surface area (Å²) in [5.74, 6) is 1.53. The lowest BCUT2D eigenvalue weighted by atomic mass is 10.0. The molecule has 3 saturated heterocycles. The van der Waals surface area contributed by atoms with E-state index >= 15 is 0 Å². The minimum atomic E-state index is -0.609. The van der Waals surface area contributed by atoms with Gasteiger partial charge in [-0.2, -0.15) is 5.10 Å². The number of benzene rings is 2. The van der Waals surface area contributed by atoms with Crippen molar-refractivity contribution in [1.29, 1.82) is 0 Å². The summed E-state index contributed by atoms with van der Waals surface area (Å²) in [5.41, 5.74) is 3.63. The second-order valence-electron chi connectivity index (χ2n) is 11.6. The third kappa shape index (κ3) is 6.06. The van der Waals surface area contributed by atoms with Crippen LogP contribution >= 0.6 is 0 Å². The first-order valence-electron chi connectivity index (χ1n) is 15.2. The van der Waals surface area contributed by atoms with Crippen LogP contribution in [0.25, 0.3) is 22.4 Å². The van der Waals surface area contributed by atoms with Crippen molar-refractivity contribution in [2.45, 2.75) is 50.5 Å². The average molecular weight is 584 g/mol. The van der Waals surface area contributed by atoms with E-state index in [4.69, 9.17) is 29.6 Å². The SMILES string of the molecule is O=C(Nc1ccc(-c2nc(N3CC4CCC(C3)O4)c3cnn(C4CCN(Cc5ccccc5)CC4)c3n2)cc1)OCCO. The number of carbonyl (C=O) groups is 1. The van der Waals surface area contributed by atoms with Crippen LogP contribution in [-0.2, 0) is 16.0 Å². The first-order chi connectivity index (χ1) is 21.1. The Bertz CT molecular complexity index is 1540. The van der Waals surface area contributed by atoms with E-state index in [0.717, 1.165) is 80.8 Å². The smallest absolute Gasteiger partial charge is 0.411 e. The Morgan fingerprint density at radius 3 is 2.44 bits per heavy atom. The minimum absolute atomic E-state index is 0.0520. The number of fused-ring (bicyclic) bond motifs is 3. The number of morpholine rings is 1. The van der Waals surface area contributed by atoms with E-state index in [0.29, 0.717) is 11.5 Å².